The van der Waals surface area contributed by atoms with E-state index in [0.29, 0.717) is 12.3 Å². The van der Waals surface area contributed by atoms with Gasteiger partial charge in [0.2, 0.25) is 0 Å². The Morgan fingerprint density at radius 1 is 1.25 bits per heavy atom. The van der Waals surface area contributed by atoms with Crippen LogP contribution in [0.15, 0.2) is 0 Å². The van der Waals surface area contributed by atoms with Gasteiger partial charge in [0, 0.05) is 5.92 Å². The van der Waals surface area contributed by atoms with E-state index in [1.807, 2.05) is 34.6 Å². The van der Waals surface area contributed by atoms with Gasteiger partial charge in [-0.25, -0.2) is 0 Å². The maximum atomic E-state index is 9.97. The summed E-state index contributed by atoms with van der Waals surface area (Å²) in [6.45, 7) is 10.0. The first kappa shape index (κ1) is 11.5. The van der Waals surface area contributed by atoms with E-state index in [9.17, 15) is 5.11 Å². The third kappa shape index (κ3) is 3.28. The highest BCUT2D eigenvalue weighted by atomic mass is 16.3. The molecule has 70 valence electrons. The predicted molar refractivity (Wildman–Crippen MR) is 52.7 cm³/mol. The van der Waals surface area contributed by atoms with Gasteiger partial charge in [0.1, 0.15) is 5.60 Å². The van der Waals surface area contributed by atoms with Gasteiger partial charge in [-0.3, -0.25) is 0 Å². The van der Waals surface area contributed by atoms with Crippen molar-refractivity contribution in [2.45, 2.75) is 46.6 Å². The van der Waals surface area contributed by atoms with Crippen molar-refractivity contribution in [1.82, 2.24) is 0 Å². The first-order chi connectivity index (χ1) is 5.42. The summed E-state index contributed by atoms with van der Waals surface area (Å²) in [5.74, 6) is 6.51. The minimum Gasteiger partial charge on any atom is -0.377 e. The minimum atomic E-state index is -0.787. The molecule has 0 fully saturated rings. The lowest BCUT2D eigenvalue weighted by molar-refractivity contribution is 0.0493. The fourth-order valence-corrected chi connectivity index (χ4v) is 0.910. The van der Waals surface area contributed by atoms with Crippen LogP contribution in [0.2, 0.25) is 0 Å². The van der Waals surface area contributed by atoms with Crippen molar-refractivity contribution >= 4 is 0 Å². The average Bonchev–Trinajstić information content (AvgIpc) is 1.99. The Morgan fingerprint density at radius 3 is 2.00 bits per heavy atom. The second kappa shape index (κ2) is 4.52. The summed E-state index contributed by atoms with van der Waals surface area (Å²) in [6, 6.07) is 0. The van der Waals surface area contributed by atoms with E-state index in [0.717, 1.165) is 0 Å². The molecule has 0 aliphatic carbocycles. The van der Waals surface area contributed by atoms with Crippen LogP contribution in [0.4, 0.5) is 0 Å². The van der Waals surface area contributed by atoms with Gasteiger partial charge >= 0.3 is 0 Å². The predicted octanol–water partition coefficient (Wildman–Crippen LogP) is 2.44. The molecule has 1 unspecified atom stereocenters. The van der Waals surface area contributed by atoms with E-state index in [1.165, 1.54) is 0 Å². The van der Waals surface area contributed by atoms with Gasteiger partial charge in [0.05, 0.1) is 0 Å². The molecule has 1 atom stereocenters. The Labute approximate surface area is 76.2 Å². The van der Waals surface area contributed by atoms with Gasteiger partial charge in [-0.2, -0.15) is 0 Å². The fraction of sp³-hybridized carbons (Fsp3) is 0.818. The van der Waals surface area contributed by atoms with Gasteiger partial charge in [0.15, 0.2) is 0 Å². The molecule has 0 spiro atoms. The highest BCUT2D eigenvalue weighted by Crippen LogP contribution is 2.19. The minimum absolute atomic E-state index is 0.203. The molecule has 1 nitrogen and oxygen atoms in total. The van der Waals surface area contributed by atoms with Gasteiger partial charge < -0.3 is 5.11 Å². The van der Waals surface area contributed by atoms with Crippen molar-refractivity contribution in [2.75, 3.05) is 0 Å². The quantitative estimate of drug-likeness (QED) is 0.628. The summed E-state index contributed by atoms with van der Waals surface area (Å²) in [5, 5.41) is 9.97. The van der Waals surface area contributed by atoms with Crippen LogP contribution in [-0.2, 0) is 0 Å². The summed E-state index contributed by atoms with van der Waals surface area (Å²) in [5.41, 5.74) is -0.787. The van der Waals surface area contributed by atoms with Crippen molar-refractivity contribution in [1.29, 1.82) is 0 Å². The van der Waals surface area contributed by atoms with E-state index in [2.05, 4.69) is 11.8 Å². The number of hydrogen-bond donors (Lipinski definition) is 1. The maximum absolute atomic E-state index is 9.97. The van der Waals surface area contributed by atoms with E-state index < -0.39 is 5.60 Å². The molecule has 0 saturated carbocycles. The molecule has 0 aliphatic heterocycles. The maximum Gasteiger partial charge on any atom is 0.127 e. The Hall–Kier alpha value is -0.480. The molecule has 1 N–H and O–H groups in total. The zero-order valence-electron chi connectivity index (χ0n) is 8.81. The smallest absolute Gasteiger partial charge is 0.127 e. The Morgan fingerprint density at radius 2 is 1.75 bits per heavy atom. The summed E-state index contributed by atoms with van der Waals surface area (Å²) in [4.78, 5) is 0. The van der Waals surface area contributed by atoms with Crippen molar-refractivity contribution in [3.8, 4) is 11.8 Å². The summed E-state index contributed by atoms with van der Waals surface area (Å²) in [7, 11) is 0. The van der Waals surface area contributed by atoms with Crippen molar-refractivity contribution in [3.63, 3.8) is 0 Å². The van der Waals surface area contributed by atoms with Crippen LogP contribution < -0.4 is 0 Å². The van der Waals surface area contributed by atoms with E-state index >= 15 is 0 Å². The SMILES string of the molecule is CCC(O)(C#CC(C)C)C(C)C. The molecule has 0 aromatic heterocycles. The lowest BCUT2D eigenvalue weighted by Crippen LogP contribution is -2.32. The summed E-state index contributed by atoms with van der Waals surface area (Å²) in [6.07, 6.45) is 0.699. The number of rotatable bonds is 2. The van der Waals surface area contributed by atoms with E-state index in [-0.39, 0.29) is 5.92 Å². The van der Waals surface area contributed by atoms with Crippen LogP contribution in [0.3, 0.4) is 0 Å². The molecule has 0 saturated heterocycles. The highest BCUT2D eigenvalue weighted by Gasteiger charge is 2.25. The monoisotopic (exact) mass is 168 g/mol. The molecule has 1 heteroatoms. The molecule has 0 radical (unpaired) electrons. The van der Waals surface area contributed by atoms with Crippen LogP contribution in [0, 0.1) is 23.7 Å². The topological polar surface area (TPSA) is 20.2 Å². The van der Waals surface area contributed by atoms with Gasteiger partial charge in [-0.05, 0) is 12.3 Å². The Kier molecular flexibility index (Phi) is 4.34. The third-order valence-electron chi connectivity index (χ3n) is 2.07. The van der Waals surface area contributed by atoms with Crippen molar-refractivity contribution < 1.29 is 5.11 Å². The first-order valence-corrected chi connectivity index (χ1v) is 4.67. The lowest BCUT2D eigenvalue weighted by Gasteiger charge is -2.24. The van der Waals surface area contributed by atoms with Gasteiger partial charge in [-0.15, -0.1) is 0 Å². The largest absolute Gasteiger partial charge is 0.377 e. The van der Waals surface area contributed by atoms with Crippen LogP contribution >= 0.6 is 0 Å². The molecule has 0 aromatic rings. The molecule has 0 bridgehead atoms. The molecule has 0 aliphatic rings. The summed E-state index contributed by atoms with van der Waals surface area (Å²) >= 11 is 0. The molecule has 12 heavy (non-hydrogen) atoms. The fourth-order valence-electron chi connectivity index (χ4n) is 0.910. The van der Waals surface area contributed by atoms with Gasteiger partial charge in [0.25, 0.3) is 0 Å². The molecule has 0 amide bonds. The van der Waals surface area contributed by atoms with Crippen LogP contribution in [0.5, 0.6) is 0 Å². The average molecular weight is 168 g/mol. The van der Waals surface area contributed by atoms with Crippen LogP contribution in [0.25, 0.3) is 0 Å². The molecule has 0 rings (SSSR count). The zero-order valence-corrected chi connectivity index (χ0v) is 8.81. The Balaban J connectivity index is 4.47. The second-order valence-electron chi connectivity index (χ2n) is 3.86. The van der Waals surface area contributed by atoms with Crippen molar-refractivity contribution in [2.24, 2.45) is 11.8 Å². The third-order valence-corrected chi connectivity index (χ3v) is 2.07. The first-order valence-electron chi connectivity index (χ1n) is 4.67. The Bertz CT molecular complexity index is 183. The lowest BCUT2D eigenvalue weighted by atomic mass is 9.88. The number of aliphatic hydroxyl groups is 1. The molecule has 0 aromatic carbocycles. The van der Waals surface area contributed by atoms with Crippen LogP contribution in [0.1, 0.15) is 41.0 Å². The standard InChI is InChI=1S/C11H20O/c1-6-11(12,10(4)5)8-7-9(2)3/h9-10,12H,6H2,1-5H3. The van der Waals surface area contributed by atoms with E-state index in [1.54, 1.807) is 0 Å². The number of hydrogen-bond acceptors (Lipinski definition) is 1. The van der Waals surface area contributed by atoms with Gasteiger partial charge in [-0.1, -0.05) is 46.5 Å². The second-order valence-corrected chi connectivity index (χ2v) is 3.86. The summed E-state index contributed by atoms with van der Waals surface area (Å²) < 4.78 is 0. The normalized spacial score (nSPS) is 15.7. The molecular formula is C11H20O. The van der Waals surface area contributed by atoms with Crippen LogP contribution in [-0.4, -0.2) is 10.7 Å². The van der Waals surface area contributed by atoms with Crippen molar-refractivity contribution in [3.05, 3.63) is 0 Å². The zero-order chi connectivity index (χ0) is 9.78. The molecular weight excluding hydrogens is 148 g/mol. The highest BCUT2D eigenvalue weighted by molar-refractivity contribution is 5.15. The van der Waals surface area contributed by atoms with E-state index in [4.69, 9.17) is 0 Å². The molecule has 0 heterocycles.